The van der Waals surface area contributed by atoms with E-state index in [0.717, 1.165) is 22.3 Å². The van der Waals surface area contributed by atoms with E-state index in [1.807, 2.05) is 94.4 Å². The highest BCUT2D eigenvalue weighted by atomic mass is 35.5. The molecule has 1 N–H and O–H groups in total. The van der Waals surface area contributed by atoms with Gasteiger partial charge >= 0.3 is 0 Å². The molecular weight excluding hydrogens is 444 g/mol. The number of aryl methyl sites for hydroxylation is 1. The van der Waals surface area contributed by atoms with Crippen LogP contribution in [0.2, 0.25) is 5.02 Å². The third kappa shape index (κ3) is 7.74. The Kier molecular flexibility index (Phi) is 8.51. The molecule has 1 unspecified atom stereocenters. The molecule has 2 amide bonds. The summed E-state index contributed by atoms with van der Waals surface area (Å²) in [5, 5.41) is 3.72. The monoisotopic (exact) mass is 476 g/mol. The first-order valence-corrected chi connectivity index (χ1v) is 11.9. The number of carbonyl (C=O) groups is 2. The molecule has 0 aliphatic carbocycles. The van der Waals surface area contributed by atoms with Gasteiger partial charge in [-0.25, -0.2) is 0 Å². The number of hydrogen-bond donors (Lipinski definition) is 1. The van der Waals surface area contributed by atoms with Gasteiger partial charge in [0.05, 0.1) is 6.42 Å². The second-order valence-corrected chi connectivity index (χ2v) is 10.2. The second kappa shape index (κ2) is 11.3. The topological polar surface area (TPSA) is 49.4 Å². The van der Waals surface area contributed by atoms with E-state index in [4.69, 9.17) is 11.6 Å². The van der Waals surface area contributed by atoms with Crippen molar-refractivity contribution >= 4 is 23.4 Å². The van der Waals surface area contributed by atoms with Crippen LogP contribution in [0.5, 0.6) is 0 Å². The van der Waals surface area contributed by atoms with E-state index in [0.29, 0.717) is 18.0 Å². The van der Waals surface area contributed by atoms with Crippen LogP contribution in [-0.2, 0) is 29.0 Å². The molecule has 0 saturated heterocycles. The van der Waals surface area contributed by atoms with Crippen molar-refractivity contribution in [3.63, 3.8) is 0 Å². The second-order valence-electron chi connectivity index (χ2n) is 9.76. The Hall–Kier alpha value is -3.11. The Morgan fingerprint density at radius 1 is 0.853 bits per heavy atom. The number of halogens is 1. The molecular formula is C29H33ClN2O2. The van der Waals surface area contributed by atoms with Gasteiger partial charge in [0.15, 0.2) is 0 Å². The van der Waals surface area contributed by atoms with Gasteiger partial charge < -0.3 is 10.2 Å². The van der Waals surface area contributed by atoms with Crippen LogP contribution in [0.15, 0.2) is 78.9 Å². The van der Waals surface area contributed by atoms with Crippen LogP contribution < -0.4 is 5.32 Å². The lowest BCUT2D eigenvalue weighted by Crippen LogP contribution is -2.54. The minimum Gasteiger partial charge on any atom is -0.350 e. The fourth-order valence-corrected chi connectivity index (χ4v) is 3.90. The van der Waals surface area contributed by atoms with Crippen molar-refractivity contribution in [1.82, 2.24) is 10.2 Å². The van der Waals surface area contributed by atoms with Gasteiger partial charge in [-0.05, 0) is 56.5 Å². The van der Waals surface area contributed by atoms with Crippen LogP contribution >= 0.6 is 11.6 Å². The van der Waals surface area contributed by atoms with E-state index < -0.39 is 11.6 Å². The minimum atomic E-state index is -0.657. The number of amides is 2. The van der Waals surface area contributed by atoms with Crippen molar-refractivity contribution in [2.24, 2.45) is 0 Å². The number of nitrogens with one attached hydrogen (secondary N) is 1. The van der Waals surface area contributed by atoms with E-state index in [-0.39, 0.29) is 18.2 Å². The molecule has 5 heteroatoms. The predicted octanol–water partition coefficient (Wildman–Crippen LogP) is 5.75. The third-order valence-corrected chi connectivity index (χ3v) is 5.76. The summed E-state index contributed by atoms with van der Waals surface area (Å²) < 4.78 is 0. The van der Waals surface area contributed by atoms with Gasteiger partial charge in [0.25, 0.3) is 0 Å². The predicted molar refractivity (Wildman–Crippen MR) is 139 cm³/mol. The summed E-state index contributed by atoms with van der Waals surface area (Å²) >= 11 is 6.08. The zero-order chi connectivity index (χ0) is 24.7. The first kappa shape index (κ1) is 25.5. The highest BCUT2D eigenvalue weighted by Crippen LogP contribution is 2.19. The minimum absolute atomic E-state index is 0.0937. The fraction of sp³-hybridized carbons (Fsp3) is 0.310. The van der Waals surface area contributed by atoms with Crippen molar-refractivity contribution < 1.29 is 9.59 Å². The lowest BCUT2D eigenvalue weighted by atomic mass is 9.99. The van der Waals surface area contributed by atoms with Crippen LogP contribution in [0, 0.1) is 6.92 Å². The van der Waals surface area contributed by atoms with Crippen molar-refractivity contribution in [2.75, 3.05) is 0 Å². The van der Waals surface area contributed by atoms with Crippen LogP contribution in [0.1, 0.15) is 43.0 Å². The van der Waals surface area contributed by atoms with Gasteiger partial charge in [-0.15, -0.1) is 0 Å². The van der Waals surface area contributed by atoms with Gasteiger partial charge in [0.1, 0.15) is 6.04 Å². The number of benzene rings is 3. The zero-order valence-corrected chi connectivity index (χ0v) is 21.1. The van der Waals surface area contributed by atoms with Crippen molar-refractivity contribution in [1.29, 1.82) is 0 Å². The Bertz CT molecular complexity index is 1090. The van der Waals surface area contributed by atoms with Gasteiger partial charge in [-0.3, -0.25) is 9.59 Å². The van der Waals surface area contributed by atoms with Gasteiger partial charge in [-0.1, -0.05) is 83.9 Å². The summed E-state index contributed by atoms with van der Waals surface area (Å²) in [6.07, 6.45) is 0.651. The average molecular weight is 477 g/mol. The van der Waals surface area contributed by atoms with E-state index in [1.54, 1.807) is 17.0 Å². The quantitative estimate of drug-likeness (QED) is 0.450. The molecule has 0 aromatic heterocycles. The molecule has 0 aliphatic rings. The Morgan fingerprint density at radius 3 is 2.03 bits per heavy atom. The van der Waals surface area contributed by atoms with E-state index in [2.05, 4.69) is 5.32 Å². The van der Waals surface area contributed by atoms with E-state index in [1.165, 1.54) is 0 Å². The molecule has 0 aliphatic heterocycles. The summed E-state index contributed by atoms with van der Waals surface area (Å²) in [7, 11) is 0. The van der Waals surface area contributed by atoms with E-state index in [9.17, 15) is 9.59 Å². The lowest BCUT2D eigenvalue weighted by molar-refractivity contribution is -0.141. The van der Waals surface area contributed by atoms with E-state index >= 15 is 0 Å². The van der Waals surface area contributed by atoms with Crippen LogP contribution in [0.3, 0.4) is 0 Å². The SMILES string of the molecule is Cc1ccc(CC(=O)N(Cc2ccc(Cl)cc2)C(Cc2ccccc2)C(=O)NC(C)(C)C)cc1. The summed E-state index contributed by atoms with van der Waals surface area (Å²) in [6, 6.07) is 24.5. The van der Waals surface area contributed by atoms with Gasteiger partial charge in [0, 0.05) is 23.5 Å². The van der Waals surface area contributed by atoms with Crippen LogP contribution in [0.4, 0.5) is 0 Å². The highest BCUT2D eigenvalue weighted by Gasteiger charge is 2.32. The molecule has 3 rings (SSSR count). The summed E-state index contributed by atoms with van der Waals surface area (Å²) in [6.45, 7) is 8.18. The van der Waals surface area contributed by atoms with Gasteiger partial charge in [0.2, 0.25) is 11.8 Å². The van der Waals surface area contributed by atoms with Gasteiger partial charge in [-0.2, -0.15) is 0 Å². The summed E-state index contributed by atoms with van der Waals surface area (Å²) in [5.74, 6) is -0.258. The zero-order valence-electron chi connectivity index (χ0n) is 20.3. The fourth-order valence-electron chi connectivity index (χ4n) is 3.78. The molecule has 0 fully saturated rings. The van der Waals surface area contributed by atoms with Crippen LogP contribution in [-0.4, -0.2) is 28.3 Å². The van der Waals surface area contributed by atoms with Crippen molar-refractivity contribution in [2.45, 2.75) is 58.7 Å². The molecule has 3 aromatic carbocycles. The maximum atomic E-state index is 13.7. The molecule has 178 valence electrons. The number of hydrogen-bond acceptors (Lipinski definition) is 2. The molecule has 0 radical (unpaired) electrons. The number of nitrogens with zero attached hydrogens (tertiary/aromatic N) is 1. The van der Waals surface area contributed by atoms with Crippen LogP contribution in [0.25, 0.3) is 0 Å². The average Bonchev–Trinajstić information content (AvgIpc) is 2.78. The highest BCUT2D eigenvalue weighted by molar-refractivity contribution is 6.30. The number of rotatable bonds is 8. The lowest BCUT2D eigenvalue weighted by Gasteiger charge is -2.34. The molecule has 4 nitrogen and oxygen atoms in total. The molecule has 1 atom stereocenters. The largest absolute Gasteiger partial charge is 0.350 e. The first-order chi connectivity index (χ1) is 16.1. The molecule has 0 heterocycles. The first-order valence-electron chi connectivity index (χ1n) is 11.6. The smallest absolute Gasteiger partial charge is 0.243 e. The molecule has 0 spiro atoms. The third-order valence-electron chi connectivity index (χ3n) is 5.51. The standard InChI is InChI=1S/C29H33ClN2O2/c1-21-10-12-23(13-11-21)19-27(33)32(20-24-14-16-25(30)17-15-24)26(28(34)31-29(2,3)4)18-22-8-6-5-7-9-22/h5-17,26H,18-20H2,1-4H3,(H,31,34). The molecule has 3 aromatic rings. The molecule has 0 saturated carbocycles. The van der Waals surface area contributed by atoms with Crippen molar-refractivity contribution in [3.8, 4) is 0 Å². The van der Waals surface area contributed by atoms with Crippen molar-refractivity contribution in [3.05, 3.63) is 106 Å². The maximum absolute atomic E-state index is 13.7. The Balaban J connectivity index is 1.97. The molecule has 34 heavy (non-hydrogen) atoms. The Labute approximate surface area is 207 Å². The Morgan fingerprint density at radius 2 is 1.44 bits per heavy atom. The summed E-state index contributed by atoms with van der Waals surface area (Å²) in [4.78, 5) is 28.9. The molecule has 0 bridgehead atoms. The summed E-state index contributed by atoms with van der Waals surface area (Å²) in [5.41, 5.74) is 3.56. The number of carbonyl (C=O) groups excluding carboxylic acids is 2. The normalized spacial score (nSPS) is 12.1. The maximum Gasteiger partial charge on any atom is 0.243 e.